The van der Waals surface area contributed by atoms with Crippen LogP contribution in [0, 0.1) is 6.92 Å². The predicted molar refractivity (Wildman–Crippen MR) is 76.8 cm³/mol. The Hall–Kier alpha value is -1.60. The molecule has 2 N–H and O–H groups in total. The number of nitrogens with one attached hydrogen (secondary N) is 2. The summed E-state index contributed by atoms with van der Waals surface area (Å²) in [4.78, 5) is 13.8. The van der Waals surface area contributed by atoms with Crippen molar-refractivity contribution in [3.8, 4) is 0 Å². The van der Waals surface area contributed by atoms with E-state index < -0.39 is 15.5 Å². The minimum Gasteiger partial charge on any atom is -0.366 e. The van der Waals surface area contributed by atoms with Crippen LogP contribution in [0.2, 0.25) is 0 Å². The second-order valence-corrected chi connectivity index (χ2v) is 6.50. The lowest BCUT2D eigenvalue weighted by molar-refractivity contribution is 0.600. The Morgan fingerprint density at radius 1 is 1.26 bits per heavy atom. The fourth-order valence-corrected chi connectivity index (χ4v) is 3.05. The van der Waals surface area contributed by atoms with Gasteiger partial charge in [0.25, 0.3) is 10.0 Å². The number of hydrogen-bond acceptors (Lipinski definition) is 3. The number of aromatic nitrogens is 1. The number of rotatable bonds is 3. The molecule has 0 bridgehead atoms. The Morgan fingerprint density at radius 3 is 2.68 bits per heavy atom. The molecule has 19 heavy (non-hydrogen) atoms. The van der Waals surface area contributed by atoms with Gasteiger partial charge in [0.1, 0.15) is 0 Å². The maximum Gasteiger partial charge on any atom is 0.267 e. The number of H-pyrrole nitrogens is 1. The minimum atomic E-state index is -3.90. The summed E-state index contributed by atoms with van der Waals surface area (Å²) in [6.45, 7) is 1.78. The first kappa shape index (κ1) is 13.8. The van der Waals surface area contributed by atoms with Crippen LogP contribution in [-0.2, 0) is 10.0 Å². The Morgan fingerprint density at radius 2 is 2.00 bits per heavy atom. The Balaban J connectivity index is 2.45. The van der Waals surface area contributed by atoms with Crippen LogP contribution in [-0.4, -0.2) is 13.4 Å². The van der Waals surface area contributed by atoms with Gasteiger partial charge in [-0.05, 0) is 24.6 Å². The first-order chi connectivity index (χ1) is 8.90. The molecule has 0 aliphatic carbocycles. The van der Waals surface area contributed by atoms with Gasteiger partial charge in [-0.1, -0.05) is 22.0 Å². The largest absolute Gasteiger partial charge is 0.366 e. The summed E-state index contributed by atoms with van der Waals surface area (Å²) in [6, 6.07) is 6.39. The van der Waals surface area contributed by atoms with Gasteiger partial charge in [0.2, 0.25) is 5.43 Å². The van der Waals surface area contributed by atoms with Crippen molar-refractivity contribution in [1.82, 2.24) is 4.98 Å². The quantitative estimate of drug-likeness (QED) is 0.897. The van der Waals surface area contributed by atoms with Gasteiger partial charge in [-0.25, -0.2) is 8.42 Å². The average molecular weight is 343 g/mol. The van der Waals surface area contributed by atoms with Crippen molar-refractivity contribution in [2.75, 3.05) is 4.72 Å². The number of halogens is 1. The van der Waals surface area contributed by atoms with Crippen LogP contribution in [0.25, 0.3) is 0 Å². The summed E-state index contributed by atoms with van der Waals surface area (Å²) in [5, 5.41) is 0. The lowest BCUT2D eigenvalue weighted by Gasteiger charge is -2.10. The van der Waals surface area contributed by atoms with E-state index in [0.29, 0.717) is 5.69 Å². The number of benzene rings is 1. The number of sulfonamides is 1. The van der Waals surface area contributed by atoms with Crippen LogP contribution < -0.4 is 10.2 Å². The van der Waals surface area contributed by atoms with E-state index in [1.807, 2.05) is 6.07 Å². The van der Waals surface area contributed by atoms with Gasteiger partial charge in [0, 0.05) is 22.9 Å². The average Bonchev–Trinajstić information content (AvgIpc) is 2.34. The van der Waals surface area contributed by atoms with Crippen LogP contribution in [0.4, 0.5) is 5.69 Å². The summed E-state index contributed by atoms with van der Waals surface area (Å²) in [7, 11) is -3.90. The molecule has 0 saturated carbocycles. The molecule has 0 radical (unpaired) electrons. The van der Waals surface area contributed by atoms with Crippen LogP contribution in [0.1, 0.15) is 5.56 Å². The smallest absolute Gasteiger partial charge is 0.267 e. The number of aromatic amines is 1. The van der Waals surface area contributed by atoms with E-state index in [9.17, 15) is 13.2 Å². The molecule has 0 spiro atoms. The molecule has 7 heteroatoms. The lowest BCUT2D eigenvalue weighted by atomic mass is 10.2. The molecular weight excluding hydrogens is 332 g/mol. The van der Waals surface area contributed by atoms with E-state index in [1.165, 1.54) is 12.3 Å². The summed E-state index contributed by atoms with van der Waals surface area (Å²) in [6.07, 6.45) is 2.55. The first-order valence-corrected chi connectivity index (χ1v) is 7.64. The number of anilines is 1. The van der Waals surface area contributed by atoms with E-state index in [4.69, 9.17) is 0 Å². The molecule has 0 fully saturated rings. The van der Waals surface area contributed by atoms with Crippen molar-refractivity contribution in [3.63, 3.8) is 0 Å². The fourth-order valence-electron chi connectivity index (χ4n) is 1.51. The zero-order chi connectivity index (χ0) is 14.0. The van der Waals surface area contributed by atoms with Crippen LogP contribution in [0.3, 0.4) is 0 Å². The molecule has 5 nitrogen and oxygen atoms in total. The van der Waals surface area contributed by atoms with E-state index in [2.05, 4.69) is 25.6 Å². The molecule has 0 aliphatic heterocycles. The monoisotopic (exact) mass is 342 g/mol. The number of aryl methyl sites for hydroxylation is 1. The highest BCUT2D eigenvalue weighted by Gasteiger charge is 2.18. The summed E-state index contributed by atoms with van der Waals surface area (Å²) in [5.74, 6) is 0. The lowest BCUT2D eigenvalue weighted by Crippen LogP contribution is -2.21. The molecule has 2 rings (SSSR count). The molecule has 0 aliphatic rings. The van der Waals surface area contributed by atoms with Crippen molar-refractivity contribution < 1.29 is 8.42 Å². The maximum atomic E-state index is 12.1. The van der Waals surface area contributed by atoms with Crippen LogP contribution in [0.5, 0.6) is 0 Å². The van der Waals surface area contributed by atoms with Gasteiger partial charge < -0.3 is 4.98 Å². The number of hydrogen-bond donors (Lipinski definition) is 2. The molecule has 1 aromatic heterocycles. The molecule has 0 saturated heterocycles. The van der Waals surface area contributed by atoms with Crippen molar-refractivity contribution >= 4 is 31.6 Å². The first-order valence-electron chi connectivity index (χ1n) is 5.36. The highest BCUT2D eigenvalue weighted by molar-refractivity contribution is 9.10. The molecule has 1 aromatic carbocycles. The molecule has 0 atom stereocenters. The van der Waals surface area contributed by atoms with Crippen molar-refractivity contribution in [2.45, 2.75) is 11.8 Å². The minimum absolute atomic E-state index is 0.311. The third-order valence-corrected chi connectivity index (χ3v) is 4.40. The molecule has 1 heterocycles. The van der Waals surface area contributed by atoms with Gasteiger partial charge in [0.15, 0.2) is 4.90 Å². The van der Waals surface area contributed by atoms with Crippen molar-refractivity contribution in [3.05, 3.63) is 56.9 Å². The normalized spacial score (nSPS) is 11.3. The second-order valence-electron chi connectivity index (χ2n) is 3.94. The zero-order valence-electron chi connectivity index (χ0n) is 9.98. The highest BCUT2D eigenvalue weighted by atomic mass is 79.9. The Labute approximate surface area is 118 Å². The highest BCUT2D eigenvalue weighted by Crippen LogP contribution is 2.22. The van der Waals surface area contributed by atoms with Gasteiger partial charge in [-0.15, -0.1) is 0 Å². The predicted octanol–water partition coefficient (Wildman–Crippen LogP) is 2.25. The second kappa shape index (κ2) is 5.18. The van der Waals surface area contributed by atoms with Crippen molar-refractivity contribution in [1.29, 1.82) is 0 Å². The van der Waals surface area contributed by atoms with E-state index >= 15 is 0 Å². The number of pyridine rings is 1. The standard InChI is InChI=1S/C12H11BrN2O3S/c1-8-2-3-9(13)6-10(8)15-19(17,18)12-7-14-5-4-11(12)16/h2-7,15H,1H3,(H,14,16). The van der Waals surface area contributed by atoms with Crippen LogP contribution >= 0.6 is 15.9 Å². The summed E-state index contributed by atoms with van der Waals surface area (Å²) < 4.78 is 27.4. The van der Waals surface area contributed by atoms with E-state index in [1.54, 1.807) is 19.1 Å². The summed E-state index contributed by atoms with van der Waals surface area (Å²) in [5.41, 5.74) is 0.635. The van der Waals surface area contributed by atoms with Crippen molar-refractivity contribution in [2.24, 2.45) is 0 Å². The Bertz CT molecular complexity index is 769. The molecule has 100 valence electrons. The Kier molecular flexibility index (Phi) is 3.77. The van der Waals surface area contributed by atoms with E-state index in [0.717, 1.165) is 16.2 Å². The van der Waals surface area contributed by atoms with Gasteiger partial charge in [-0.2, -0.15) is 0 Å². The third-order valence-electron chi connectivity index (χ3n) is 2.52. The van der Waals surface area contributed by atoms with E-state index in [-0.39, 0.29) is 4.90 Å². The molecule has 0 unspecified atom stereocenters. The van der Waals surface area contributed by atoms with Gasteiger partial charge >= 0.3 is 0 Å². The third kappa shape index (κ3) is 3.05. The van der Waals surface area contributed by atoms with Gasteiger partial charge in [-0.3, -0.25) is 9.52 Å². The SMILES string of the molecule is Cc1ccc(Br)cc1NS(=O)(=O)c1c[nH]ccc1=O. The molecule has 2 aromatic rings. The van der Waals surface area contributed by atoms with Gasteiger partial charge in [0.05, 0.1) is 5.69 Å². The fraction of sp³-hybridized carbons (Fsp3) is 0.0833. The van der Waals surface area contributed by atoms with Crippen LogP contribution in [0.15, 0.2) is 50.8 Å². The maximum absolute atomic E-state index is 12.1. The molecular formula is C12H11BrN2O3S. The summed E-state index contributed by atoms with van der Waals surface area (Å²) >= 11 is 3.27. The molecule has 0 amide bonds. The topological polar surface area (TPSA) is 79.0 Å². The zero-order valence-corrected chi connectivity index (χ0v) is 12.4.